The lowest BCUT2D eigenvalue weighted by Crippen LogP contribution is -2.28. The van der Waals surface area contributed by atoms with Gasteiger partial charge in [0.05, 0.1) is 18.5 Å². The number of amidine groups is 1. The molecule has 0 unspecified atom stereocenters. The number of carbonyl (C=O) groups is 1. The number of benzene rings is 3. The van der Waals surface area contributed by atoms with Crippen LogP contribution in [-0.2, 0) is 11.3 Å². The van der Waals surface area contributed by atoms with Gasteiger partial charge in [-0.1, -0.05) is 78.0 Å². The molecule has 0 N–H and O–H groups in total. The highest BCUT2D eigenvalue weighted by atomic mass is 32.2. The number of nitrogens with zero attached hydrogens (tertiary/aromatic N) is 3. The Labute approximate surface area is 169 Å². The van der Waals surface area contributed by atoms with Crippen LogP contribution in [0.4, 0.5) is 0 Å². The summed E-state index contributed by atoms with van der Waals surface area (Å²) in [7, 11) is 0. The van der Waals surface area contributed by atoms with Crippen molar-refractivity contribution in [2.45, 2.75) is 20.4 Å². The number of rotatable bonds is 4. The summed E-state index contributed by atoms with van der Waals surface area (Å²) in [6.07, 6.45) is 1.75. The van der Waals surface area contributed by atoms with Gasteiger partial charge in [0.15, 0.2) is 5.17 Å². The SMILES string of the molecule is Cc1ccc(/C=N/N=C2\SCC(=O)N2Cc2cccc3ccccc23)c(C)c1. The normalized spacial score (nSPS) is 16.0. The first-order valence-corrected chi connectivity index (χ1v) is 10.2. The van der Waals surface area contributed by atoms with Gasteiger partial charge in [0.1, 0.15) is 0 Å². The van der Waals surface area contributed by atoms with E-state index in [1.165, 1.54) is 22.7 Å². The second-order valence-corrected chi connectivity index (χ2v) is 7.84. The summed E-state index contributed by atoms with van der Waals surface area (Å²) in [5.74, 6) is 0.473. The maximum Gasteiger partial charge on any atom is 0.239 e. The van der Waals surface area contributed by atoms with Crippen molar-refractivity contribution in [3.63, 3.8) is 0 Å². The molecule has 3 aromatic carbocycles. The second kappa shape index (κ2) is 7.98. The summed E-state index contributed by atoms with van der Waals surface area (Å²) in [5.41, 5.74) is 4.52. The smallest absolute Gasteiger partial charge is 0.239 e. The quantitative estimate of drug-likeness (QED) is 0.471. The molecule has 0 spiro atoms. The summed E-state index contributed by atoms with van der Waals surface area (Å²) >= 11 is 1.44. The molecule has 0 aromatic heterocycles. The van der Waals surface area contributed by atoms with Crippen LogP contribution in [0.15, 0.2) is 70.9 Å². The van der Waals surface area contributed by atoms with Gasteiger partial charge in [-0.15, -0.1) is 5.10 Å². The number of aryl methyl sites for hydroxylation is 2. The zero-order valence-electron chi connectivity index (χ0n) is 15.9. The summed E-state index contributed by atoms with van der Waals surface area (Å²) in [5, 5.41) is 11.6. The summed E-state index contributed by atoms with van der Waals surface area (Å²) in [6.45, 7) is 4.63. The maximum atomic E-state index is 12.4. The number of hydrogen-bond acceptors (Lipinski definition) is 4. The van der Waals surface area contributed by atoms with Crippen molar-refractivity contribution in [3.8, 4) is 0 Å². The van der Waals surface area contributed by atoms with Crippen molar-refractivity contribution in [2.75, 3.05) is 5.75 Å². The highest BCUT2D eigenvalue weighted by Gasteiger charge is 2.28. The Bertz CT molecular complexity index is 1100. The molecule has 5 heteroatoms. The summed E-state index contributed by atoms with van der Waals surface area (Å²) in [6, 6.07) is 20.6. The van der Waals surface area contributed by atoms with Crippen LogP contribution in [0.25, 0.3) is 10.8 Å². The first-order valence-electron chi connectivity index (χ1n) is 9.20. The highest BCUT2D eigenvalue weighted by molar-refractivity contribution is 8.15. The molecule has 4 rings (SSSR count). The minimum atomic E-state index is 0.0680. The minimum absolute atomic E-state index is 0.0680. The molecular weight excluding hydrogens is 366 g/mol. The molecule has 0 atom stereocenters. The van der Waals surface area contributed by atoms with Gasteiger partial charge in [0.25, 0.3) is 0 Å². The summed E-state index contributed by atoms with van der Waals surface area (Å²) < 4.78 is 0. The number of hydrogen-bond donors (Lipinski definition) is 0. The van der Waals surface area contributed by atoms with Crippen LogP contribution >= 0.6 is 11.8 Å². The molecule has 140 valence electrons. The number of thioether (sulfide) groups is 1. The Morgan fingerprint density at radius 3 is 2.75 bits per heavy atom. The average molecular weight is 388 g/mol. The predicted octanol–water partition coefficient (Wildman–Crippen LogP) is 4.92. The molecule has 0 bridgehead atoms. The van der Waals surface area contributed by atoms with Crippen LogP contribution in [0.5, 0.6) is 0 Å². The number of amides is 1. The van der Waals surface area contributed by atoms with E-state index in [-0.39, 0.29) is 5.91 Å². The van der Waals surface area contributed by atoms with E-state index in [1.807, 2.05) is 24.3 Å². The molecular formula is C23H21N3OS. The Balaban J connectivity index is 1.58. The third-order valence-electron chi connectivity index (χ3n) is 4.83. The van der Waals surface area contributed by atoms with E-state index in [4.69, 9.17) is 0 Å². The van der Waals surface area contributed by atoms with Gasteiger partial charge in [-0.2, -0.15) is 5.10 Å². The van der Waals surface area contributed by atoms with E-state index in [1.54, 1.807) is 11.1 Å². The Hall–Kier alpha value is -2.92. The van der Waals surface area contributed by atoms with Crippen LogP contribution in [0.1, 0.15) is 22.3 Å². The highest BCUT2D eigenvalue weighted by Crippen LogP contribution is 2.25. The van der Waals surface area contributed by atoms with Crippen LogP contribution in [0, 0.1) is 13.8 Å². The lowest BCUT2D eigenvalue weighted by Gasteiger charge is -2.16. The van der Waals surface area contributed by atoms with Crippen LogP contribution in [0.3, 0.4) is 0 Å². The van der Waals surface area contributed by atoms with Crippen LogP contribution in [-0.4, -0.2) is 27.9 Å². The van der Waals surface area contributed by atoms with Gasteiger partial charge in [0.2, 0.25) is 5.91 Å². The first-order chi connectivity index (χ1) is 13.6. The van der Waals surface area contributed by atoms with Crippen molar-refractivity contribution >= 4 is 39.8 Å². The van der Waals surface area contributed by atoms with Crippen LogP contribution < -0.4 is 0 Å². The average Bonchev–Trinajstić information content (AvgIpc) is 3.04. The van der Waals surface area contributed by atoms with Gasteiger partial charge in [-0.05, 0) is 41.3 Å². The van der Waals surface area contributed by atoms with Crippen molar-refractivity contribution in [3.05, 3.63) is 82.9 Å². The second-order valence-electron chi connectivity index (χ2n) is 6.89. The fourth-order valence-corrected chi connectivity index (χ4v) is 4.17. The largest absolute Gasteiger partial charge is 0.285 e. The third kappa shape index (κ3) is 3.85. The number of fused-ring (bicyclic) bond motifs is 1. The molecule has 1 aliphatic rings. The first kappa shape index (κ1) is 18.4. The van der Waals surface area contributed by atoms with Gasteiger partial charge < -0.3 is 0 Å². The van der Waals surface area contributed by atoms with E-state index < -0.39 is 0 Å². The van der Waals surface area contributed by atoms with E-state index in [9.17, 15) is 4.79 Å². The van der Waals surface area contributed by atoms with E-state index in [0.717, 1.165) is 22.1 Å². The standard InChI is InChI=1S/C23H21N3OS/c1-16-10-11-19(17(2)12-16)13-24-25-23-26(22(27)15-28-23)14-20-8-5-7-18-6-3-4-9-21(18)20/h3-13H,14-15H2,1-2H3/b24-13+,25-23-. The van der Waals surface area contributed by atoms with Crippen molar-refractivity contribution < 1.29 is 4.79 Å². The van der Waals surface area contributed by atoms with E-state index >= 15 is 0 Å². The fourth-order valence-electron chi connectivity index (χ4n) is 3.34. The molecule has 0 aliphatic carbocycles. The van der Waals surface area contributed by atoms with Crippen molar-refractivity contribution in [2.24, 2.45) is 10.2 Å². The number of carbonyl (C=O) groups excluding carboxylic acids is 1. The van der Waals surface area contributed by atoms with Gasteiger partial charge in [-0.3, -0.25) is 9.69 Å². The molecule has 0 radical (unpaired) electrons. The lowest BCUT2D eigenvalue weighted by atomic mass is 10.0. The molecule has 1 amide bonds. The molecule has 1 aliphatic heterocycles. The van der Waals surface area contributed by atoms with Gasteiger partial charge in [-0.25, -0.2) is 0 Å². The van der Waals surface area contributed by atoms with Gasteiger partial charge >= 0.3 is 0 Å². The minimum Gasteiger partial charge on any atom is -0.285 e. The predicted molar refractivity (Wildman–Crippen MR) is 118 cm³/mol. The monoisotopic (exact) mass is 387 g/mol. The summed E-state index contributed by atoms with van der Waals surface area (Å²) in [4.78, 5) is 14.2. The fraction of sp³-hybridized carbons (Fsp3) is 0.174. The molecule has 1 fully saturated rings. The molecule has 1 saturated heterocycles. The third-order valence-corrected chi connectivity index (χ3v) is 5.78. The Morgan fingerprint density at radius 1 is 1.07 bits per heavy atom. The van der Waals surface area contributed by atoms with Crippen molar-refractivity contribution in [1.82, 2.24) is 4.90 Å². The maximum absolute atomic E-state index is 12.4. The van der Waals surface area contributed by atoms with Gasteiger partial charge in [0, 0.05) is 0 Å². The zero-order valence-corrected chi connectivity index (χ0v) is 16.7. The van der Waals surface area contributed by atoms with E-state index in [0.29, 0.717) is 17.5 Å². The van der Waals surface area contributed by atoms with Crippen LogP contribution in [0.2, 0.25) is 0 Å². The molecule has 0 saturated carbocycles. The topological polar surface area (TPSA) is 45.0 Å². The van der Waals surface area contributed by atoms with Crippen molar-refractivity contribution in [1.29, 1.82) is 0 Å². The molecule has 28 heavy (non-hydrogen) atoms. The molecule has 3 aromatic rings. The Morgan fingerprint density at radius 2 is 1.89 bits per heavy atom. The lowest BCUT2D eigenvalue weighted by molar-refractivity contribution is -0.124. The van der Waals surface area contributed by atoms with E-state index in [2.05, 4.69) is 60.4 Å². The molecule has 4 nitrogen and oxygen atoms in total. The molecule has 1 heterocycles. The Kier molecular flexibility index (Phi) is 5.26. The zero-order chi connectivity index (χ0) is 19.5.